The normalized spacial score (nSPS) is 16.9. The standard InChI is InChI=1S/C20H23NO7/c22-10-15(23)19(25)18(24)14(9-21-20(26)12-4-2-1-3-5-12)13-6-7-16-17(8-13)28-11-27-16/h1-8,14-15,18-19,22-25H,9-11H2,(H,21,26)/t14-,15+,18+,19-/m1/s1. The first kappa shape index (κ1) is 20.1. The molecule has 0 saturated heterocycles. The van der Waals surface area contributed by atoms with Gasteiger partial charge in [-0.05, 0) is 29.8 Å². The summed E-state index contributed by atoms with van der Waals surface area (Å²) in [6, 6.07) is 13.6. The van der Waals surface area contributed by atoms with Crippen molar-refractivity contribution >= 4 is 5.91 Å². The van der Waals surface area contributed by atoms with Crippen LogP contribution in [0.4, 0.5) is 0 Å². The lowest BCUT2D eigenvalue weighted by Gasteiger charge is -2.29. The van der Waals surface area contributed by atoms with Gasteiger partial charge in [0, 0.05) is 18.0 Å². The molecule has 0 spiro atoms. The fourth-order valence-electron chi connectivity index (χ4n) is 3.05. The maximum Gasteiger partial charge on any atom is 0.251 e. The van der Waals surface area contributed by atoms with E-state index in [1.165, 1.54) is 0 Å². The fourth-order valence-corrected chi connectivity index (χ4v) is 3.05. The quantitative estimate of drug-likeness (QED) is 0.430. The number of amides is 1. The first-order valence-corrected chi connectivity index (χ1v) is 8.89. The van der Waals surface area contributed by atoms with Gasteiger partial charge in [-0.25, -0.2) is 0 Å². The third-order valence-corrected chi connectivity index (χ3v) is 4.69. The molecule has 28 heavy (non-hydrogen) atoms. The van der Waals surface area contributed by atoms with Gasteiger partial charge in [0.2, 0.25) is 6.79 Å². The average molecular weight is 389 g/mol. The van der Waals surface area contributed by atoms with Gasteiger partial charge in [0.1, 0.15) is 12.2 Å². The highest BCUT2D eigenvalue weighted by molar-refractivity contribution is 5.94. The Morgan fingerprint density at radius 2 is 1.71 bits per heavy atom. The summed E-state index contributed by atoms with van der Waals surface area (Å²) in [5, 5.41) is 42.3. The highest BCUT2D eigenvalue weighted by Crippen LogP contribution is 2.35. The molecule has 1 amide bonds. The predicted molar refractivity (Wildman–Crippen MR) is 99.2 cm³/mol. The van der Waals surface area contributed by atoms with E-state index in [4.69, 9.17) is 14.6 Å². The zero-order chi connectivity index (χ0) is 20.1. The summed E-state index contributed by atoms with van der Waals surface area (Å²) in [6.45, 7) is -0.630. The molecule has 0 radical (unpaired) electrons. The van der Waals surface area contributed by atoms with E-state index >= 15 is 0 Å². The molecule has 5 N–H and O–H groups in total. The van der Waals surface area contributed by atoms with Gasteiger partial charge < -0.3 is 35.2 Å². The number of benzene rings is 2. The monoisotopic (exact) mass is 389 g/mol. The van der Waals surface area contributed by atoms with Crippen molar-refractivity contribution in [3.8, 4) is 11.5 Å². The first-order chi connectivity index (χ1) is 13.5. The molecule has 8 heteroatoms. The first-order valence-electron chi connectivity index (χ1n) is 8.89. The zero-order valence-corrected chi connectivity index (χ0v) is 15.1. The number of ether oxygens (including phenoxy) is 2. The molecule has 4 atom stereocenters. The van der Waals surface area contributed by atoms with Crippen molar-refractivity contribution in [3.05, 3.63) is 59.7 Å². The van der Waals surface area contributed by atoms with Crippen molar-refractivity contribution in [2.45, 2.75) is 24.2 Å². The van der Waals surface area contributed by atoms with Crippen molar-refractivity contribution in [3.63, 3.8) is 0 Å². The summed E-state index contributed by atoms with van der Waals surface area (Å²) >= 11 is 0. The van der Waals surface area contributed by atoms with Gasteiger partial charge in [-0.1, -0.05) is 24.3 Å². The molecule has 0 saturated carbocycles. The van der Waals surface area contributed by atoms with Crippen molar-refractivity contribution < 1.29 is 34.7 Å². The summed E-state index contributed by atoms with van der Waals surface area (Å²) in [6.07, 6.45) is -4.57. The van der Waals surface area contributed by atoms with Crippen LogP contribution in [0, 0.1) is 0 Å². The molecule has 1 heterocycles. The third-order valence-electron chi connectivity index (χ3n) is 4.69. The fraction of sp³-hybridized carbons (Fsp3) is 0.350. The Labute approximate surface area is 162 Å². The molecule has 0 aromatic heterocycles. The van der Waals surface area contributed by atoms with Crippen molar-refractivity contribution in [2.24, 2.45) is 0 Å². The Bertz CT molecular complexity index is 798. The third kappa shape index (κ3) is 4.42. The smallest absolute Gasteiger partial charge is 0.251 e. The topological polar surface area (TPSA) is 128 Å². The lowest BCUT2D eigenvalue weighted by Crippen LogP contribution is -2.45. The van der Waals surface area contributed by atoms with Crippen LogP contribution in [0.3, 0.4) is 0 Å². The number of fused-ring (bicyclic) bond motifs is 1. The van der Waals surface area contributed by atoms with Crippen LogP contribution in [0.15, 0.2) is 48.5 Å². The minimum Gasteiger partial charge on any atom is -0.454 e. The highest BCUT2D eigenvalue weighted by Gasteiger charge is 2.33. The van der Waals surface area contributed by atoms with E-state index in [1.54, 1.807) is 48.5 Å². The van der Waals surface area contributed by atoms with E-state index in [2.05, 4.69) is 5.32 Å². The van der Waals surface area contributed by atoms with Crippen molar-refractivity contribution in [2.75, 3.05) is 19.9 Å². The largest absolute Gasteiger partial charge is 0.454 e. The summed E-state index contributed by atoms with van der Waals surface area (Å²) in [5.74, 6) is -0.0587. The van der Waals surface area contributed by atoms with Crippen LogP contribution in [-0.2, 0) is 0 Å². The molecule has 8 nitrogen and oxygen atoms in total. The molecular formula is C20H23NO7. The molecule has 2 aromatic carbocycles. The van der Waals surface area contributed by atoms with E-state index < -0.39 is 30.8 Å². The number of hydrogen-bond acceptors (Lipinski definition) is 7. The lowest BCUT2D eigenvalue weighted by atomic mass is 9.88. The van der Waals surface area contributed by atoms with Crippen LogP contribution in [0.2, 0.25) is 0 Å². The van der Waals surface area contributed by atoms with E-state index in [0.717, 1.165) is 0 Å². The average Bonchev–Trinajstić information content (AvgIpc) is 3.21. The highest BCUT2D eigenvalue weighted by atomic mass is 16.7. The molecule has 3 rings (SSSR count). The second kappa shape index (κ2) is 9.03. The Morgan fingerprint density at radius 1 is 1.00 bits per heavy atom. The molecule has 150 valence electrons. The number of nitrogens with one attached hydrogen (secondary N) is 1. The van der Waals surface area contributed by atoms with Crippen LogP contribution >= 0.6 is 0 Å². The maximum atomic E-state index is 12.4. The maximum absolute atomic E-state index is 12.4. The van der Waals surface area contributed by atoms with Gasteiger partial charge in [0.05, 0.1) is 12.7 Å². The van der Waals surface area contributed by atoms with E-state index in [1.807, 2.05) is 0 Å². The van der Waals surface area contributed by atoms with Crippen LogP contribution in [0.25, 0.3) is 0 Å². The van der Waals surface area contributed by atoms with Gasteiger partial charge >= 0.3 is 0 Å². The van der Waals surface area contributed by atoms with E-state index in [0.29, 0.717) is 22.6 Å². The summed E-state index contributed by atoms with van der Waals surface area (Å²) in [7, 11) is 0. The molecular weight excluding hydrogens is 366 g/mol. The minimum atomic E-state index is -1.60. The van der Waals surface area contributed by atoms with E-state index in [-0.39, 0.29) is 19.2 Å². The zero-order valence-electron chi connectivity index (χ0n) is 15.1. The number of carbonyl (C=O) groups excluding carboxylic acids is 1. The van der Waals surface area contributed by atoms with Gasteiger partial charge in [-0.3, -0.25) is 4.79 Å². The minimum absolute atomic E-state index is 0.0102. The van der Waals surface area contributed by atoms with Crippen molar-refractivity contribution in [1.82, 2.24) is 5.32 Å². The summed E-state index contributed by atoms with van der Waals surface area (Å²) in [5.41, 5.74) is 1.03. The SMILES string of the molecule is O=C(NC[C@H](c1ccc2c(c1)OCO2)[C@H](O)[C@H](O)[C@@H](O)CO)c1ccccc1. The van der Waals surface area contributed by atoms with Crippen LogP contribution < -0.4 is 14.8 Å². The Hall–Kier alpha value is -2.65. The van der Waals surface area contributed by atoms with Gasteiger partial charge in [-0.2, -0.15) is 0 Å². The molecule has 0 aliphatic carbocycles. The number of aliphatic hydroxyl groups is 4. The van der Waals surface area contributed by atoms with Crippen LogP contribution in [0.5, 0.6) is 11.5 Å². The predicted octanol–water partition coefficient (Wildman–Crippen LogP) is 0.00390. The second-order valence-electron chi connectivity index (χ2n) is 6.53. The van der Waals surface area contributed by atoms with Gasteiger partial charge in [0.25, 0.3) is 5.91 Å². The summed E-state index contributed by atoms with van der Waals surface area (Å²) in [4.78, 5) is 12.4. The number of hydrogen-bond donors (Lipinski definition) is 5. The Morgan fingerprint density at radius 3 is 2.43 bits per heavy atom. The second-order valence-corrected chi connectivity index (χ2v) is 6.53. The molecule has 2 aromatic rings. The Kier molecular flexibility index (Phi) is 6.48. The lowest BCUT2D eigenvalue weighted by molar-refractivity contribution is -0.0839. The molecule has 1 aliphatic heterocycles. The molecule has 0 bridgehead atoms. The summed E-state index contributed by atoms with van der Waals surface area (Å²) < 4.78 is 10.6. The molecule has 0 unspecified atom stereocenters. The van der Waals surface area contributed by atoms with Crippen LogP contribution in [-0.4, -0.2) is 64.6 Å². The molecule has 0 fully saturated rings. The van der Waals surface area contributed by atoms with Crippen LogP contribution in [0.1, 0.15) is 21.8 Å². The Balaban J connectivity index is 1.81. The number of rotatable bonds is 8. The number of aliphatic hydroxyl groups excluding tert-OH is 4. The van der Waals surface area contributed by atoms with Gasteiger partial charge in [-0.15, -0.1) is 0 Å². The molecule has 1 aliphatic rings. The number of carbonyl (C=O) groups is 1. The van der Waals surface area contributed by atoms with Crippen molar-refractivity contribution in [1.29, 1.82) is 0 Å². The van der Waals surface area contributed by atoms with E-state index in [9.17, 15) is 20.1 Å². The van der Waals surface area contributed by atoms with Gasteiger partial charge in [0.15, 0.2) is 11.5 Å².